The number of nitro groups is 1. The monoisotopic (exact) mass is 226 g/mol. The van der Waals surface area contributed by atoms with E-state index in [4.69, 9.17) is 5.73 Å². The van der Waals surface area contributed by atoms with Gasteiger partial charge in [0.1, 0.15) is 11.6 Å². The largest absolute Gasteiger partial charge is 0.392 e. The van der Waals surface area contributed by atoms with Crippen molar-refractivity contribution in [2.24, 2.45) is 0 Å². The number of nitrogen functional groups attached to an aromatic ring is 1. The lowest BCUT2D eigenvalue weighted by atomic mass is 10.3. The van der Waals surface area contributed by atoms with Gasteiger partial charge in [0.05, 0.1) is 23.2 Å². The van der Waals surface area contributed by atoms with Gasteiger partial charge in [-0.15, -0.1) is 0 Å². The minimum Gasteiger partial charge on any atom is -0.392 e. The maximum absolute atomic E-state index is 10.6. The quantitative estimate of drug-likeness (QED) is 0.568. The number of aliphatic hydroxyl groups excluding tert-OH is 1. The second kappa shape index (κ2) is 4.75. The van der Waals surface area contributed by atoms with Crippen molar-refractivity contribution in [1.29, 1.82) is 0 Å². The SMILES string of the molecule is CC(O)CN(C)c1cc([N+](=O)[O-])cc(N)n1. The second-order valence-corrected chi connectivity index (χ2v) is 3.60. The number of aromatic nitrogens is 1. The van der Waals surface area contributed by atoms with Crippen LogP contribution < -0.4 is 10.6 Å². The number of aliphatic hydroxyl groups is 1. The molecule has 1 atom stereocenters. The Bertz CT molecular complexity index is 394. The first kappa shape index (κ1) is 12.2. The molecule has 0 radical (unpaired) electrons. The van der Waals surface area contributed by atoms with E-state index in [0.29, 0.717) is 12.4 Å². The van der Waals surface area contributed by atoms with Crippen molar-refractivity contribution in [3.05, 3.63) is 22.2 Å². The number of hydrogen-bond acceptors (Lipinski definition) is 6. The molecule has 1 heterocycles. The molecule has 0 aliphatic heterocycles. The third-order valence-corrected chi connectivity index (χ3v) is 1.96. The van der Waals surface area contributed by atoms with Crippen LogP contribution in [0.25, 0.3) is 0 Å². The molecule has 0 saturated carbocycles. The molecule has 0 fully saturated rings. The standard InChI is InChI=1S/C9H14N4O3/c1-6(14)5-12(2)9-4-7(13(15)16)3-8(10)11-9/h3-4,6,14H,5H2,1-2H3,(H2,10,11). The van der Waals surface area contributed by atoms with E-state index in [1.165, 1.54) is 12.1 Å². The Kier molecular flexibility index (Phi) is 3.62. The Hall–Kier alpha value is -1.89. The third-order valence-electron chi connectivity index (χ3n) is 1.96. The van der Waals surface area contributed by atoms with Gasteiger partial charge in [0.15, 0.2) is 0 Å². The summed E-state index contributed by atoms with van der Waals surface area (Å²) >= 11 is 0. The molecule has 16 heavy (non-hydrogen) atoms. The number of rotatable bonds is 4. The number of hydrogen-bond donors (Lipinski definition) is 2. The summed E-state index contributed by atoms with van der Waals surface area (Å²) in [6, 6.07) is 2.51. The predicted molar refractivity (Wildman–Crippen MR) is 60.3 cm³/mol. The van der Waals surface area contributed by atoms with E-state index in [2.05, 4.69) is 4.98 Å². The summed E-state index contributed by atoms with van der Waals surface area (Å²) in [7, 11) is 1.68. The minimum absolute atomic E-state index is 0.0849. The van der Waals surface area contributed by atoms with Gasteiger partial charge in [-0.25, -0.2) is 4.98 Å². The molecule has 0 spiro atoms. The van der Waals surface area contributed by atoms with Crippen LogP contribution in [0, 0.1) is 10.1 Å². The molecule has 0 aliphatic carbocycles. The van der Waals surface area contributed by atoms with Gasteiger partial charge < -0.3 is 15.7 Å². The van der Waals surface area contributed by atoms with Gasteiger partial charge in [-0.3, -0.25) is 10.1 Å². The highest BCUT2D eigenvalue weighted by Crippen LogP contribution is 2.20. The molecular formula is C9H14N4O3. The lowest BCUT2D eigenvalue weighted by molar-refractivity contribution is -0.384. The second-order valence-electron chi connectivity index (χ2n) is 3.60. The first-order valence-electron chi connectivity index (χ1n) is 4.71. The van der Waals surface area contributed by atoms with E-state index in [-0.39, 0.29) is 11.5 Å². The van der Waals surface area contributed by atoms with Crippen molar-refractivity contribution >= 4 is 17.3 Å². The van der Waals surface area contributed by atoms with Gasteiger partial charge in [0, 0.05) is 13.6 Å². The zero-order chi connectivity index (χ0) is 12.3. The van der Waals surface area contributed by atoms with E-state index in [1.807, 2.05) is 0 Å². The van der Waals surface area contributed by atoms with Crippen LogP contribution in [0.2, 0.25) is 0 Å². The Morgan fingerprint density at radius 2 is 2.31 bits per heavy atom. The van der Waals surface area contributed by atoms with Crippen LogP contribution in [0.5, 0.6) is 0 Å². The highest BCUT2D eigenvalue weighted by atomic mass is 16.6. The highest BCUT2D eigenvalue weighted by Gasteiger charge is 2.13. The molecular weight excluding hydrogens is 212 g/mol. The van der Waals surface area contributed by atoms with Gasteiger partial charge in [-0.1, -0.05) is 0 Å². The average molecular weight is 226 g/mol. The molecule has 0 bridgehead atoms. The Labute approximate surface area is 92.7 Å². The molecule has 1 rings (SSSR count). The summed E-state index contributed by atoms with van der Waals surface area (Å²) in [4.78, 5) is 15.6. The van der Waals surface area contributed by atoms with Crippen molar-refractivity contribution in [1.82, 2.24) is 4.98 Å². The summed E-state index contributed by atoms with van der Waals surface area (Å²) in [5, 5.41) is 19.8. The summed E-state index contributed by atoms with van der Waals surface area (Å²) in [5.41, 5.74) is 5.35. The smallest absolute Gasteiger partial charge is 0.276 e. The van der Waals surface area contributed by atoms with Crippen LogP contribution in [0.3, 0.4) is 0 Å². The van der Waals surface area contributed by atoms with Crippen molar-refractivity contribution in [2.75, 3.05) is 24.2 Å². The number of anilines is 2. The van der Waals surface area contributed by atoms with Crippen LogP contribution in [0.1, 0.15) is 6.92 Å². The van der Waals surface area contributed by atoms with E-state index in [0.717, 1.165) is 0 Å². The molecule has 1 aromatic heterocycles. The Morgan fingerprint density at radius 3 is 2.81 bits per heavy atom. The number of likely N-dealkylation sites (N-methyl/N-ethyl adjacent to an activating group) is 1. The fraction of sp³-hybridized carbons (Fsp3) is 0.444. The van der Waals surface area contributed by atoms with E-state index in [1.54, 1.807) is 18.9 Å². The van der Waals surface area contributed by atoms with Crippen molar-refractivity contribution in [3.8, 4) is 0 Å². The molecule has 88 valence electrons. The third kappa shape index (κ3) is 3.06. The summed E-state index contributed by atoms with van der Waals surface area (Å²) in [5.74, 6) is 0.453. The van der Waals surface area contributed by atoms with Crippen LogP contribution in [-0.2, 0) is 0 Å². The summed E-state index contributed by atoms with van der Waals surface area (Å²) in [6.07, 6.45) is -0.549. The summed E-state index contributed by atoms with van der Waals surface area (Å²) in [6.45, 7) is 1.95. The van der Waals surface area contributed by atoms with E-state index in [9.17, 15) is 15.2 Å². The first-order valence-corrected chi connectivity index (χ1v) is 4.71. The van der Waals surface area contributed by atoms with Gasteiger partial charge in [0.25, 0.3) is 5.69 Å². The van der Waals surface area contributed by atoms with Gasteiger partial charge in [0.2, 0.25) is 0 Å². The Balaban J connectivity index is 3.00. The highest BCUT2D eigenvalue weighted by molar-refractivity contribution is 5.53. The average Bonchev–Trinajstić information content (AvgIpc) is 2.15. The van der Waals surface area contributed by atoms with E-state index < -0.39 is 11.0 Å². The molecule has 7 nitrogen and oxygen atoms in total. The van der Waals surface area contributed by atoms with Crippen molar-refractivity contribution in [2.45, 2.75) is 13.0 Å². The van der Waals surface area contributed by atoms with Crippen LogP contribution in [0.4, 0.5) is 17.3 Å². The van der Waals surface area contributed by atoms with Gasteiger partial charge in [-0.05, 0) is 6.92 Å². The number of nitrogens with zero attached hydrogens (tertiary/aromatic N) is 3. The lowest BCUT2D eigenvalue weighted by Gasteiger charge is -2.19. The van der Waals surface area contributed by atoms with Crippen LogP contribution in [0.15, 0.2) is 12.1 Å². The molecule has 0 saturated heterocycles. The van der Waals surface area contributed by atoms with Crippen molar-refractivity contribution < 1.29 is 10.0 Å². The summed E-state index contributed by atoms with van der Waals surface area (Å²) < 4.78 is 0. The normalized spacial score (nSPS) is 12.2. The molecule has 1 unspecified atom stereocenters. The predicted octanol–water partition coefficient (Wildman–Crippen LogP) is 0.389. The van der Waals surface area contributed by atoms with Gasteiger partial charge in [-0.2, -0.15) is 0 Å². The molecule has 0 aromatic carbocycles. The van der Waals surface area contributed by atoms with Crippen molar-refractivity contribution in [3.63, 3.8) is 0 Å². The topological polar surface area (TPSA) is 106 Å². The van der Waals surface area contributed by atoms with Gasteiger partial charge >= 0.3 is 0 Å². The lowest BCUT2D eigenvalue weighted by Crippen LogP contribution is -2.27. The van der Waals surface area contributed by atoms with Crippen LogP contribution in [-0.4, -0.2) is 34.7 Å². The molecule has 1 aromatic rings. The first-order chi connectivity index (χ1) is 7.40. The zero-order valence-corrected chi connectivity index (χ0v) is 9.12. The maximum atomic E-state index is 10.6. The number of nitrogens with two attached hydrogens (primary N) is 1. The molecule has 3 N–H and O–H groups in total. The molecule has 0 amide bonds. The zero-order valence-electron chi connectivity index (χ0n) is 9.12. The molecule has 7 heteroatoms. The maximum Gasteiger partial charge on any atom is 0.276 e. The molecule has 0 aliphatic rings. The number of pyridine rings is 1. The minimum atomic E-state index is -0.549. The van der Waals surface area contributed by atoms with E-state index >= 15 is 0 Å². The Morgan fingerprint density at radius 1 is 1.69 bits per heavy atom. The fourth-order valence-electron chi connectivity index (χ4n) is 1.31. The van der Waals surface area contributed by atoms with Crippen LogP contribution >= 0.6 is 0 Å². The fourth-order valence-corrected chi connectivity index (χ4v) is 1.31.